The number of nitrogens with zero attached hydrogens (tertiary/aromatic N) is 3. The van der Waals surface area contributed by atoms with Gasteiger partial charge in [-0.15, -0.1) is 0 Å². The van der Waals surface area contributed by atoms with Gasteiger partial charge in [-0.3, -0.25) is 9.67 Å². The lowest BCUT2D eigenvalue weighted by atomic mass is 9.75. The van der Waals surface area contributed by atoms with Gasteiger partial charge in [0.05, 0.1) is 25.0 Å². The zero-order valence-corrected chi connectivity index (χ0v) is 13.5. The molecule has 0 atom stereocenters. The SMILES string of the molecule is COCCn1cc(NC2=NCC3(CCCCC3)CS2)cn1. The van der Waals surface area contributed by atoms with Crippen LogP contribution in [0.15, 0.2) is 17.4 Å². The second-order valence-electron chi connectivity index (χ2n) is 6.08. The van der Waals surface area contributed by atoms with Crippen LogP contribution in [-0.2, 0) is 11.3 Å². The average Bonchev–Trinajstić information content (AvgIpc) is 2.96. The lowest BCUT2D eigenvalue weighted by molar-refractivity contribution is 0.183. The summed E-state index contributed by atoms with van der Waals surface area (Å²) < 4.78 is 6.95. The maximum Gasteiger partial charge on any atom is 0.161 e. The van der Waals surface area contributed by atoms with Crippen molar-refractivity contribution in [3.8, 4) is 0 Å². The number of ether oxygens (including phenoxy) is 1. The molecule has 2 heterocycles. The summed E-state index contributed by atoms with van der Waals surface area (Å²) in [5.41, 5.74) is 1.49. The topological polar surface area (TPSA) is 51.4 Å². The molecule has 0 bridgehead atoms. The standard InChI is InChI=1S/C15H24N4OS/c1-20-8-7-19-10-13(9-17-19)18-14-16-11-15(12-21-14)5-3-2-4-6-15/h9-10H,2-8,11-12H2,1H3,(H,16,18). The molecule has 0 radical (unpaired) electrons. The fourth-order valence-electron chi connectivity index (χ4n) is 3.09. The molecule has 0 saturated heterocycles. The van der Waals surface area contributed by atoms with Crippen molar-refractivity contribution in [2.45, 2.75) is 38.6 Å². The Morgan fingerprint density at radius 1 is 1.38 bits per heavy atom. The Hall–Kier alpha value is -1.01. The Bertz CT molecular complexity index is 494. The summed E-state index contributed by atoms with van der Waals surface area (Å²) in [5, 5.41) is 8.74. The van der Waals surface area contributed by atoms with Gasteiger partial charge in [0.25, 0.3) is 0 Å². The molecule has 1 aliphatic heterocycles. The van der Waals surface area contributed by atoms with Crippen LogP contribution in [0.3, 0.4) is 0 Å². The highest BCUT2D eigenvalue weighted by Crippen LogP contribution is 2.41. The number of rotatable bonds is 4. The summed E-state index contributed by atoms with van der Waals surface area (Å²) in [7, 11) is 1.71. The first kappa shape index (κ1) is 14.9. The van der Waals surface area contributed by atoms with Crippen LogP contribution in [0.2, 0.25) is 0 Å². The van der Waals surface area contributed by atoms with Crippen LogP contribution in [0, 0.1) is 5.41 Å². The maximum atomic E-state index is 5.06. The van der Waals surface area contributed by atoms with E-state index in [0.717, 1.165) is 23.9 Å². The van der Waals surface area contributed by atoms with Crippen LogP contribution in [-0.4, -0.2) is 41.0 Å². The molecule has 1 N–H and O–H groups in total. The van der Waals surface area contributed by atoms with E-state index in [9.17, 15) is 0 Å². The zero-order valence-electron chi connectivity index (χ0n) is 12.7. The smallest absolute Gasteiger partial charge is 0.161 e. The van der Waals surface area contributed by atoms with Gasteiger partial charge in [-0.2, -0.15) is 5.10 Å². The lowest BCUT2D eigenvalue weighted by Gasteiger charge is -2.38. The summed E-state index contributed by atoms with van der Waals surface area (Å²) in [6.45, 7) is 2.44. The first-order chi connectivity index (χ1) is 10.3. The average molecular weight is 308 g/mol. The third kappa shape index (κ3) is 3.80. The zero-order chi connectivity index (χ0) is 14.5. The molecule has 0 unspecified atom stereocenters. The van der Waals surface area contributed by atoms with Crippen LogP contribution in [0.5, 0.6) is 0 Å². The number of aromatic nitrogens is 2. The van der Waals surface area contributed by atoms with Gasteiger partial charge in [0, 0.05) is 25.6 Å². The van der Waals surface area contributed by atoms with Crippen LogP contribution in [0.1, 0.15) is 32.1 Å². The highest BCUT2D eigenvalue weighted by atomic mass is 32.2. The number of amidine groups is 1. The Morgan fingerprint density at radius 3 is 2.95 bits per heavy atom. The van der Waals surface area contributed by atoms with E-state index in [0.29, 0.717) is 12.0 Å². The van der Waals surface area contributed by atoms with Crippen molar-refractivity contribution < 1.29 is 4.74 Å². The monoisotopic (exact) mass is 308 g/mol. The van der Waals surface area contributed by atoms with Crippen molar-refractivity contribution in [3.05, 3.63) is 12.4 Å². The minimum absolute atomic E-state index is 0.483. The van der Waals surface area contributed by atoms with Crippen LogP contribution >= 0.6 is 11.8 Å². The molecule has 1 aliphatic carbocycles. The number of methoxy groups -OCH3 is 1. The van der Waals surface area contributed by atoms with E-state index >= 15 is 0 Å². The molecule has 1 fully saturated rings. The minimum atomic E-state index is 0.483. The summed E-state index contributed by atoms with van der Waals surface area (Å²) in [6.07, 6.45) is 10.7. The van der Waals surface area contributed by atoms with Crippen molar-refractivity contribution in [3.63, 3.8) is 0 Å². The third-order valence-corrected chi connectivity index (χ3v) is 5.66. The molecule has 1 aromatic rings. The molecule has 1 spiro atoms. The lowest BCUT2D eigenvalue weighted by Crippen LogP contribution is -2.35. The highest BCUT2D eigenvalue weighted by molar-refractivity contribution is 8.14. The van der Waals surface area contributed by atoms with Crippen molar-refractivity contribution >= 4 is 22.6 Å². The number of hydrogen-bond donors (Lipinski definition) is 1. The molecule has 2 aliphatic rings. The summed E-state index contributed by atoms with van der Waals surface area (Å²) in [4.78, 5) is 4.78. The molecule has 6 heteroatoms. The molecule has 0 aromatic carbocycles. The molecule has 1 aromatic heterocycles. The van der Waals surface area contributed by atoms with E-state index < -0.39 is 0 Å². The molecule has 0 amide bonds. The number of nitrogens with one attached hydrogen (secondary N) is 1. The molecule has 1 saturated carbocycles. The summed E-state index contributed by atoms with van der Waals surface area (Å²) >= 11 is 1.87. The maximum absolute atomic E-state index is 5.06. The van der Waals surface area contributed by atoms with E-state index in [1.807, 2.05) is 28.8 Å². The molecule has 21 heavy (non-hydrogen) atoms. The predicted molar refractivity (Wildman–Crippen MR) is 88.0 cm³/mol. The Labute approximate surface area is 130 Å². The van der Waals surface area contributed by atoms with E-state index in [2.05, 4.69) is 10.4 Å². The van der Waals surface area contributed by atoms with E-state index in [4.69, 9.17) is 9.73 Å². The number of thioether (sulfide) groups is 1. The Kier molecular flexibility index (Phi) is 4.85. The van der Waals surface area contributed by atoms with Crippen LogP contribution in [0.25, 0.3) is 0 Å². The normalized spacial score (nSPS) is 21.3. The fraction of sp³-hybridized carbons (Fsp3) is 0.733. The fourth-order valence-corrected chi connectivity index (χ4v) is 4.26. The van der Waals surface area contributed by atoms with Crippen LogP contribution in [0.4, 0.5) is 5.69 Å². The molecular formula is C15H24N4OS. The van der Waals surface area contributed by atoms with E-state index in [-0.39, 0.29) is 0 Å². The molecule has 3 rings (SSSR count). The number of aliphatic imine (C=N–C) groups is 1. The molecular weight excluding hydrogens is 284 g/mol. The van der Waals surface area contributed by atoms with Gasteiger partial charge < -0.3 is 10.1 Å². The van der Waals surface area contributed by atoms with Gasteiger partial charge in [0.1, 0.15) is 0 Å². The van der Waals surface area contributed by atoms with Gasteiger partial charge >= 0.3 is 0 Å². The molecule has 116 valence electrons. The second kappa shape index (κ2) is 6.83. The van der Waals surface area contributed by atoms with Gasteiger partial charge in [-0.05, 0) is 18.3 Å². The van der Waals surface area contributed by atoms with Gasteiger partial charge in [0.15, 0.2) is 5.17 Å². The number of hydrogen-bond acceptors (Lipinski definition) is 5. The third-order valence-electron chi connectivity index (χ3n) is 4.40. The van der Waals surface area contributed by atoms with Crippen molar-refractivity contribution in [2.24, 2.45) is 10.4 Å². The first-order valence-corrected chi connectivity index (χ1v) is 8.74. The van der Waals surface area contributed by atoms with E-state index in [1.165, 1.54) is 37.9 Å². The first-order valence-electron chi connectivity index (χ1n) is 7.75. The summed E-state index contributed by atoms with van der Waals surface area (Å²) in [5.74, 6) is 1.21. The largest absolute Gasteiger partial charge is 0.383 e. The van der Waals surface area contributed by atoms with Gasteiger partial charge in [0.2, 0.25) is 0 Å². The predicted octanol–water partition coefficient (Wildman–Crippen LogP) is 2.99. The van der Waals surface area contributed by atoms with Crippen LogP contribution < -0.4 is 5.32 Å². The van der Waals surface area contributed by atoms with Crippen molar-refractivity contribution in [2.75, 3.05) is 31.3 Å². The Morgan fingerprint density at radius 2 is 2.24 bits per heavy atom. The van der Waals surface area contributed by atoms with Crippen molar-refractivity contribution in [1.29, 1.82) is 0 Å². The Balaban J connectivity index is 1.55. The van der Waals surface area contributed by atoms with E-state index in [1.54, 1.807) is 7.11 Å². The van der Waals surface area contributed by atoms with Gasteiger partial charge in [-0.25, -0.2) is 0 Å². The minimum Gasteiger partial charge on any atom is -0.383 e. The van der Waals surface area contributed by atoms with Crippen molar-refractivity contribution in [1.82, 2.24) is 9.78 Å². The highest BCUT2D eigenvalue weighted by Gasteiger charge is 2.34. The number of anilines is 1. The second-order valence-corrected chi connectivity index (χ2v) is 7.04. The quantitative estimate of drug-likeness (QED) is 0.929. The van der Waals surface area contributed by atoms with Gasteiger partial charge in [-0.1, -0.05) is 31.0 Å². The molecule has 5 nitrogen and oxygen atoms in total. The summed E-state index contributed by atoms with van der Waals surface area (Å²) in [6, 6.07) is 0.